The molecule has 290 valence electrons. The number of methoxy groups -OCH3 is 1. The Kier molecular flexibility index (Phi) is 12.7. The molecule has 0 aliphatic carbocycles. The van der Waals surface area contributed by atoms with Gasteiger partial charge in [-0.2, -0.15) is 10.6 Å². The zero-order valence-electron chi connectivity index (χ0n) is 30.6. The number of carbonyl (C=O) groups is 1. The average Bonchev–Trinajstić information content (AvgIpc) is 3.13. The molecule has 12 nitrogen and oxygen atoms in total. The normalized spacial score (nSPS) is 15.6. The van der Waals surface area contributed by atoms with Gasteiger partial charge in [-0.1, -0.05) is 36.4 Å². The minimum absolute atomic E-state index is 0.0363. The first-order valence-electron chi connectivity index (χ1n) is 17.4. The van der Waals surface area contributed by atoms with Crippen LogP contribution in [0.15, 0.2) is 83.8 Å². The minimum atomic E-state index is -4.62. The van der Waals surface area contributed by atoms with Gasteiger partial charge in [0.05, 0.1) is 23.8 Å². The number of halogens is 1. The summed E-state index contributed by atoms with van der Waals surface area (Å²) in [5.41, 5.74) is 2.86. The molecule has 1 saturated heterocycles. The van der Waals surface area contributed by atoms with E-state index in [0.717, 1.165) is 44.8 Å². The Balaban J connectivity index is 1.46. The molecule has 2 N–H and O–H groups in total. The number of para-hydroxylation sites is 1. The number of aryl methyl sites for hydroxylation is 3. The molecule has 1 heterocycles. The highest BCUT2D eigenvalue weighted by Crippen LogP contribution is 2.48. The third-order valence-corrected chi connectivity index (χ3v) is 13.1. The molecule has 4 aromatic carbocycles. The number of benzene rings is 4. The molecular weight excluding hydrogens is 740 g/mol. The van der Waals surface area contributed by atoms with Crippen molar-refractivity contribution >= 4 is 38.0 Å². The van der Waals surface area contributed by atoms with Crippen LogP contribution in [0.1, 0.15) is 48.4 Å². The Morgan fingerprint density at radius 3 is 2.31 bits per heavy atom. The lowest BCUT2D eigenvalue weighted by Gasteiger charge is -2.45. The number of hydrogen-bond donors (Lipinski definition) is 2. The predicted molar refractivity (Wildman–Crippen MR) is 206 cm³/mol. The molecule has 54 heavy (non-hydrogen) atoms. The number of ether oxygens (including phenoxy) is 3. The third-order valence-electron chi connectivity index (χ3n) is 9.61. The monoisotopic (exact) mass is 784 g/mol. The van der Waals surface area contributed by atoms with Gasteiger partial charge in [0.25, 0.3) is 15.7 Å². The van der Waals surface area contributed by atoms with Crippen molar-refractivity contribution in [2.75, 3.05) is 36.1 Å². The lowest BCUT2D eigenvalue weighted by Crippen LogP contribution is -2.44. The van der Waals surface area contributed by atoms with Gasteiger partial charge in [0, 0.05) is 31.1 Å². The minimum Gasteiger partial charge on any atom is -0.491 e. The van der Waals surface area contributed by atoms with Gasteiger partial charge in [-0.05, 0) is 110 Å². The number of nitro benzene ring substituents is 1. The Labute approximate surface area is 316 Å². The fourth-order valence-electron chi connectivity index (χ4n) is 6.63. The number of nitro groups is 1. The van der Waals surface area contributed by atoms with Crippen molar-refractivity contribution < 1.29 is 45.8 Å². The first-order valence-corrected chi connectivity index (χ1v) is 20.7. The summed E-state index contributed by atoms with van der Waals surface area (Å²) in [4.78, 5) is 22.5. The number of hydrogen-bond acceptors (Lipinski definition) is 10. The van der Waals surface area contributed by atoms with Crippen molar-refractivity contribution in [2.24, 2.45) is 0 Å². The van der Waals surface area contributed by atoms with E-state index in [4.69, 9.17) is 14.2 Å². The van der Waals surface area contributed by atoms with Crippen molar-refractivity contribution in [3.63, 3.8) is 0 Å². The van der Waals surface area contributed by atoms with Gasteiger partial charge in [0.1, 0.15) is 23.8 Å². The summed E-state index contributed by atoms with van der Waals surface area (Å²) in [5.74, 6) is -0.0893. The zero-order valence-corrected chi connectivity index (χ0v) is 32.3. The largest absolute Gasteiger partial charge is 0.491 e. The number of anilines is 1. The summed E-state index contributed by atoms with van der Waals surface area (Å²) in [6.07, 6.45) is 0.900. The standard InChI is InChI=1S/C39H45FN2O10S2/c1-5-51-37(43)16-14-30-13-15-32(24-34(30)40)41(54(48,49)36-12-7-6-11-35(36)42(44)45)25-29-9-8-10-31(23-29)38-27(2)21-33(22-28(38)3)52-26-39(50-4)17-19-53(46,47)20-18-39/h6-13,15,21-24,46-47H,5,14,16-20,25-26H2,1-4H3. The number of esters is 1. The van der Waals surface area contributed by atoms with Gasteiger partial charge in [-0.15, -0.1) is 0 Å². The van der Waals surface area contributed by atoms with Crippen molar-refractivity contribution in [3.05, 3.63) is 117 Å². The number of nitrogens with zero attached hydrogens (tertiary/aromatic N) is 2. The highest BCUT2D eigenvalue weighted by molar-refractivity contribution is 8.24. The zero-order chi connectivity index (χ0) is 39.3. The second kappa shape index (κ2) is 16.9. The summed E-state index contributed by atoms with van der Waals surface area (Å²) in [6.45, 7) is 5.68. The van der Waals surface area contributed by atoms with Crippen LogP contribution in [-0.4, -0.2) is 65.8 Å². The Bertz CT molecular complexity index is 2090. The topological polar surface area (TPSA) is 166 Å². The highest BCUT2D eigenvalue weighted by Gasteiger charge is 2.38. The molecule has 0 atom stereocenters. The maximum atomic E-state index is 15.5. The summed E-state index contributed by atoms with van der Waals surface area (Å²) in [6, 6.07) is 19.9. The fourth-order valence-corrected chi connectivity index (χ4v) is 9.83. The van der Waals surface area contributed by atoms with Crippen LogP contribution in [0.2, 0.25) is 0 Å². The first kappa shape index (κ1) is 40.6. The van der Waals surface area contributed by atoms with E-state index in [1.54, 1.807) is 26.2 Å². The molecule has 0 unspecified atom stereocenters. The number of rotatable bonds is 15. The SMILES string of the molecule is CCOC(=O)CCc1ccc(N(Cc2cccc(-c3c(C)cc(OCC4(OC)CCS(O)(O)CC4)cc3C)c2)S(=O)(=O)c2ccccc2[N+](=O)[O-])cc1F. The van der Waals surface area contributed by atoms with Crippen LogP contribution in [0.4, 0.5) is 15.8 Å². The van der Waals surface area contributed by atoms with Crippen LogP contribution in [-0.2, 0) is 37.3 Å². The van der Waals surface area contributed by atoms with E-state index in [0.29, 0.717) is 24.2 Å². The van der Waals surface area contributed by atoms with E-state index >= 15 is 4.39 Å². The molecule has 1 fully saturated rings. The molecule has 0 bridgehead atoms. The molecule has 5 rings (SSSR count). The third kappa shape index (κ3) is 9.39. The van der Waals surface area contributed by atoms with Gasteiger partial charge in [0.2, 0.25) is 0 Å². The first-order chi connectivity index (χ1) is 25.6. The molecule has 1 aliphatic rings. The van der Waals surface area contributed by atoms with Gasteiger partial charge >= 0.3 is 5.97 Å². The summed E-state index contributed by atoms with van der Waals surface area (Å²) >= 11 is 0. The molecule has 15 heteroatoms. The maximum absolute atomic E-state index is 15.5. The predicted octanol–water partition coefficient (Wildman–Crippen LogP) is 8.22. The highest BCUT2D eigenvalue weighted by atomic mass is 32.3. The number of carbonyl (C=O) groups excluding carboxylic acids is 1. The summed E-state index contributed by atoms with van der Waals surface area (Å²) in [5, 5.41) is 11.9. The molecule has 0 spiro atoms. The second-order valence-corrected chi connectivity index (χ2v) is 17.6. The summed E-state index contributed by atoms with van der Waals surface area (Å²) in [7, 11) is -5.62. The molecule has 0 aromatic heterocycles. The van der Waals surface area contributed by atoms with Gasteiger partial charge < -0.3 is 14.2 Å². The van der Waals surface area contributed by atoms with Crippen molar-refractivity contribution in [3.8, 4) is 16.9 Å². The van der Waals surface area contributed by atoms with Crippen molar-refractivity contribution in [2.45, 2.75) is 63.5 Å². The van der Waals surface area contributed by atoms with E-state index in [-0.39, 0.29) is 55.4 Å². The smallest absolute Gasteiger partial charge is 0.306 e. The van der Waals surface area contributed by atoms with Crippen LogP contribution in [0, 0.1) is 29.8 Å². The van der Waals surface area contributed by atoms with Crippen LogP contribution in [0.25, 0.3) is 11.1 Å². The number of sulfonamides is 1. The van der Waals surface area contributed by atoms with Crippen LogP contribution < -0.4 is 9.04 Å². The molecule has 4 aromatic rings. The van der Waals surface area contributed by atoms with E-state index < -0.39 is 53.5 Å². The van der Waals surface area contributed by atoms with E-state index in [2.05, 4.69) is 0 Å². The van der Waals surface area contributed by atoms with Gasteiger partial charge in [-0.3, -0.25) is 28.3 Å². The van der Waals surface area contributed by atoms with Crippen LogP contribution >= 0.6 is 10.6 Å². The maximum Gasteiger partial charge on any atom is 0.306 e. The van der Waals surface area contributed by atoms with Crippen molar-refractivity contribution in [1.29, 1.82) is 0 Å². The molecule has 1 aliphatic heterocycles. The van der Waals surface area contributed by atoms with Gasteiger partial charge in [-0.25, -0.2) is 12.8 Å². The summed E-state index contributed by atoms with van der Waals surface area (Å²) < 4.78 is 82.1. The fraction of sp³-hybridized carbons (Fsp3) is 0.359. The molecule has 0 saturated carbocycles. The van der Waals surface area contributed by atoms with E-state index in [1.165, 1.54) is 24.3 Å². The molecule has 0 amide bonds. The van der Waals surface area contributed by atoms with Crippen LogP contribution in [0.5, 0.6) is 5.75 Å². The van der Waals surface area contributed by atoms with Gasteiger partial charge in [0.15, 0.2) is 4.90 Å². The average molecular weight is 785 g/mol. The van der Waals surface area contributed by atoms with E-state index in [1.807, 2.05) is 38.1 Å². The van der Waals surface area contributed by atoms with Crippen molar-refractivity contribution in [1.82, 2.24) is 0 Å². The Morgan fingerprint density at radius 1 is 1.00 bits per heavy atom. The van der Waals surface area contributed by atoms with E-state index in [9.17, 15) is 32.4 Å². The quantitative estimate of drug-likeness (QED) is 0.0682. The molecule has 0 radical (unpaired) electrons. The Hall–Kier alpha value is -4.54. The van der Waals surface area contributed by atoms with Crippen LogP contribution in [0.3, 0.4) is 0 Å². The Morgan fingerprint density at radius 2 is 1.69 bits per heavy atom. The lowest BCUT2D eigenvalue weighted by molar-refractivity contribution is -0.387. The lowest BCUT2D eigenvalue weighted by atomic mass is 9.94. The second-order valence-electron chi connectivity index (χ2n) is 13.3. The molecular formula is C39H45FN2O10S2.